The SMILES string of the molecule is Cc1nn(CCC#N)c(C)c1CCC(=O)Nc1ccccc1C(C)C. The van der Waals surface area contributed by atoms with E-state index in [0.29, 0.717) is 31.7 Å². The molecule has 5 nitrogen and oxygen atoms in total. The molecule has 1 heterocycles. The number of hydrogen-bond acceptors (Lipinski definition) is 3. The van der Waals surface area contributed by atoms with Crippen LogP contribution < -0.4 is 5.32 Å². The first kappa shape index (κ1) is 18.7. The summed E-state index contributed by atoms with van der Waals surface area (Å²) in [5, 5.41) is 16.2. The third-order valence-electron chi connectivity index (χ3n) is 4.43. The maximum absolute atomic E-state index is 12.4. The molecule has 0 saturated heterocycles. The van der Waals surface area contributed by atoms with Crippen molar-refractivity contribution in [3.63, 3.8) is 0 Å². The predicted octanol–water partition coefficient (Wildman–Crippen LogP) is 4.11. The number of nitrogens with one attached hydrogen (secondary N) is 1. The van der Waals surface area contributed by atoms with Crippen molar-refractivity contribution in [1.29, 1.82) is 5.26 Å². The standard InChI is InChI=1S/C20H26N4O/c1-14(2)17-8-5-6-9-19(17)22-20(25)11-10-18-15(3)23-24(16(18)4)13-7-12-21/h5-6,8-9,14H,7,10-11,13H2,1-4H3,(H,22,25). The zero-order chi connectivity index (χ0) is 18.4. The van der Waals surface area contributed by atoms with Crippen molar-refractivity contribution in [3.05, 3.63) is 46.8 Å². The molecule has 1 aromatic carbocycles. The molecule has 0 bridgehead atoms. The van der Waals surface area contributed by atoms with Crippen LogP contribution in [0, 0.1) is 25.2 Å². The number of benzene rings is 1. The van der Waals surface area contributed by atoms with E-state index in [1.807, 2.05) is 42.8 Å². The van der Waals surface area contributed by atoms with Crippen molar-refractivity contribution in [2.45, 2.75) is 59.4 Å². The van der Waals surface area contributed by atoms with Crippen molar-refractivity contribution in [3.8, 4) is 6.07 Å². The smallest absolute Gasteiger partial charge is 0.224 e. The van der Waals surface area contributed by atoms with Crippen LogP contribution in [0.1, 0.15) is 55.1 Å². The van der Waals surface area contributed by atoms with Crippen LogP contribution in [0.4, 0.5) is 5.69 Å². The molecule has 132 valence electrons. The lowest BCUT2D eigenvalue weighted by atomic mass is 10.0. The number of aryl methyl sites for hydroxylation is 2. The third kappa shape index (κ3) is 4.69. The molecule has 0 radical (unpaired) electrons. The lowest BCUT2D eigenvalue weighted by Crippen LogP contribution is -2.14. The van der Waals surface area contributed by atoms with Crippen LogP contribution in [0.25, 0.3) is 0 Å². The molecule has 0 aliphatic rings. The van der Waals surface area contributed by atoms with E-state index >= 15 is 0 Å². The topological polar surface area (TPSA) is 70.7 Å². The highest BCUT2D eigenvalue weighted by molar-refractivity contribution is 5.91. The van der Waals surface area contributed by atoms with Gasteiger partial charge in [0, 0.05) is 17.8 Å². The Morgan fingerprint density at radius 1 is 1.32 bits per heavy atom. The van der Waals surface area contributed by atoms with Gasteiger partial charge in [-0.1, -0.05) is 32.0 Å². The van der Waals surface area contributed by atoms with E-state index < -0.39 is 0 Å². The fourth-order valence-corrected chi connectivity index (χ4v) is 3.03. The zero-order valence-corrected chi connectivity index (χ0v) is 15.5. The van der Waals surface area contributed by atoms with Crippen LogP contribution in [-0.4, -0.2) is 15.7 Å². The number of anilines is 1. The largest absolute Gasteiger partial charge is 0.326 e. The summed E-state index contributed by atoms with van der Waals surface area (Å²) >= 11 is 0. The summed E-state index contributed by atoms with van der Waals surface area (Å²) in [6.07, 6.45) is 1.51. The molecule has 0 aliphatic carbocycles. The van der Waals surface area contributed by atoms with Crippen LogP contribution in [0.5, 0.6) is 0 Å². The van der Waals surface area contributed by atoms with Gasteiger partial charge >= 0.3 is 0 Å². The van der Waals surface area contributed by atoms with Gasteiger partial charge in [0.05, 0.1) is 24.7 Å². The molecule has 0 spiro atoms. The van der Waals surface area contributed by atoms with Crippen LogP contribution in [0.15, 0.2) is 24.3 Å². The fraction of sp³-hybridized carbons (Fsp3) is 0.450. The molecule has 0 fully saturated rings. The first-order chi connectivity index (χ1) is 11.9. The van der Waals surface area contributed by atoms with Gasteiger partial charge in [-0.3, -0.25) is 9.48 Å². The summed E-state index contributed by atoms with van der Waals surface area (Å²) < 4.78 is 1.86. The normalized spacial score (nSPS) is 10.7. The minimum Gasteiger partial charge on any atom is -0.326 e. The Hall–Kier alpha value is -2.61. The van der Waals surface area contributed by atoms with Gasteiger partial charge in [-0.25, -0.2) is 0 Å². The number of rotatable bonds is 7. The first-order valence-electron chi connectivity index (χ1n) is 8.72. The minimum absolute atomic E-state index is 0.0108. The predicted molar refractivity (Wildman–Crippen MR) is 99.4 cm³/mol. The molecule has 0 atom stereocenters. The highest BCUT2D eigenvalue weighted by Gasteiger charge is 2.14. The van der Waals surface area contributed by atoms with Crippen LogP contribution in [0.3, 0.4) is 0 Å². The number of hydrogen-bond donors (Lipinski definition) is 1. The monoisotopic (exact) mass is 338 g/mol. The Kier molecular flexibility index (Phi) is 6.35. The Morgan fingerprint density at radius 3 is 2.72 bits per heavy atom. The summed E-state index contributed by atoms with van der Waals surface area (Å²) in [6.45, 7) is 8.79. The number of nitriles is 1. The molecule has 5 heteroatoms. The summed E-state index contributed by atoms with van der Waals surface area (Å²) in [5.41, 5.74) is 5.12. The molecular weight excluding hydrogens is 312 g/mol. The molecular formula is C20H26N4O. The van der Waals surface area contributed by atoms with Gasteiger partial charge in [-0.05, 0) is 43.4 Å². The number of carbonyl (C=O) groups is 1. The number of nitrogens with zero attached hydrogens (tertiary/aromatic N) is 3. The van der Waals surface area contributed by atoms with Gasteiger partial charge in [-0.15, -0.1) is 0 Å². The highest BCUT2D eigenvalue weighted by atomic mass is 16.1. The Morgan fingerprint density at radius 2 is 2.04 bits per heavy atom. The van der Waals surface area contributed by atoms with Crippen molar-refractivity contribution in [2.75, 3.05) is 5.32 Å². The van der Waals surface area contributed by atoms with Gasteiger partial charge in [-0.2, -0.15) is 10.4 Å². The summed E-state index contributed by atoms with van der Waals surface area (Å²) in [5.74, 6) is 0.371. The number of amides is 1. The Bertz CT molecular complexity index is 783. The summed E-state index contributed by atoms with van der Waals surface area (Å²) in [4.78, 5) is 12.4. The van der Waals surface area contributed by atoms with Crippen LogP contribution in [0.2, 0.25) is 0 Å². The second-order valence-electron chi connectivity index (χ2n) is 6.57. The molecule has 0 aliphatic heterocycles. The molecule has 25 heavy (non-hydrogen) atoms. The molecule has 1 amide bonds. The van der Waals surface area contributed by atoms with Crippen molar-refractivity contribution in [1.82, 2.24) is 9.78 Å². The average Bonchev–Trinajstić information content (AvgIpc) is 2.85. The second kappa shape index (κ2) is 8.48. The number of carbonyl (C=O) groups excluding carboxylic acids is 1. The van der Waals surface area contributed by atoms with Crippen LogP contribution in [-0.2, 0) is 17.8 Å². The highest BCUT2D eigenvalue weighted by Crippen LogP contribution is 2.24. The van der Waals surface area contributed by atoms with Gasteiger partial charge in [0.1, 0.15) is 0 Å². The molecule has 1 aromatic heterocycles. The zero-order valence-electron chi connectivity index (χ0n) is 15.5. The first-order valence-corrected chi connectivity index (χ1v) is 8.72. The van der Waals surface area contributed by atoms with Crippen molar-refractivity contribution in [2.24, 2.45) is 0 Å². The van der Waals surface area contributed by atoms with E-state index in [1.165, 1.54) is 0 Å². The quantitative estimate of drug-likeness (QED) is 0.826. The van der Waals surface area contributed by atoms with Crippen LogP contribution >= 0.6 is 0 Å². The van der Waals surface area contributed by atoms with E-state index in [-0.39, 0.29) is 5.91 Å². The van der Waals surface area contributed by atoms with Gasteiger partial charge in [0.15, 0.2) is 0 Å². The van der Waals surface area contributed by atoms with E-state index in [0.717, 1.165) is 28.2 Å². The average molecular weight is 338 g/mol. The molecule has 1 N–H and O–H groups in total. The fourth-order valence-electron chi connectivity index (χ4n) is 3.03. The molecule has 2 rings (SSSR count). The third-order valence-corrected chi connectivity index (χ3v) is 4.43. The van der Waals surface area contributed by atoms with E-state index in [1.54, 1.807) is 0 Å². The van der Waals surface area contributed by atoms with Gasteiger partial charge < -0.3 is 5.32 Å². The van der Waals surface area contributed by atoms with E-state index in [9.17, 15) is 4.79 Å². The Labute approximate surface area is 149 Å². The van der Waals surface area contributed by atoms with E-state index in [2.05, 4.69) is 30.3 Å². The lowest BCUT2D eigenvalue weighted by Gasteiger charge is -2.13. The molecule has 2 aromatic rings. The maximum Gasteiger partial charge on any atom is 0.224 e. The maximum atomic E-state index is 12.4. The van der Waals surface area contributed by atoms with E-state index in [4.69, 9.17) is 5.26 Å². The van der Waals surface area contributed by atoms with Gasteiger partial charge in [0.25, 0.3) is 0 Å². The van der Waals surface area contributed by atoms with Crippen molar-refractivity contribution < 1.29 is 4.79 Å². The molecule has 0 saturated carbocycles. The lowest BCUT2D eigenvalue weighted by molar-refractivity contribution is -0.116. The van der Waals surface area contributed by atoms with Crippen molar-refractivity contribution >= 4 is 11.6 Å². The number of para-hydroxylation sites is 1. The second-order valence-corrected chi connectivity index (χ2v) is 6.57. The summed E-state index contributed by atoms with van der Waals surface area (Å²) in [7, 11) is 0. The number of aromatic nitrogens is 2. The summed E-state index contributed by atoms with van der Waals surface area (Å²) in [6, 6.07) is 10.1. The Balaban J connectivity index is 2.02. The van der Waals surface area contributed by atoms with Gasteiger partial charge in [0.2, 0.25) is 5.91 Å². The minimum atomic E-state index is 0.0108. The molecule has 0 unspecified atom stereocenters.